The largest absolute Gasteiger partial charge is 1.00 e. The molecule has 1 saturated heterocycles. The first-order valence-corrected chi connectivity index (χ1v) is 6.94. The van der Waals surface area contributed by atoms with Crippen molar-refractivity contribution >= 4 is 22.9 Å². The topological polar surface area (TPSA) is 64.6 Å². The number of benzene rings is 1. The van der Waals surface area contributed by atoms with Gasteiger partial charge in [-0.25, -0.2) is 0 Å². The van der Waals surface area contributed by atoms with Crippen molar-refractivity contribution in [2.24, 2.45) is 0 Å². The van der Waals surface area contributed by atoms with E-state index in [1.165, 1.54) is 0 Å². The van der Waals surface area contributed by atoms with E-state index in [1.54, 1.807) is 18.2 Å². The maximum atomic E-state index is 11.6. The monoisotopic (exact) mass is 305 g/mol. The van der Waals surface area contributed by atoms with Crippen molar-refractivity contribution in [2.75, 3.05) is 13.2 Å². The Bertz CT molecular complexity index is 515. The molecule has 1 aliphatic heterocycles. The summed E-state index contributed by atoms with van der Waals surface area (Å²) in [6.45, 7) is 4.81. The molecule has 0 radical (unpaired) electrons. The molecule has 0 aromatic heterocycles. The molecule has 0 aliphatic carbocycles. The van der Waals surface area contributed by atoms with Crippen molar-refractivity contribution in [1.29, 1.82) is 0 Å². The van der Waals surface area contributed by atoms with Crippen LogP contribution in [0, 0.1) is 0 Å². The third kappa shape index (κ3) is 3.91. The summed E-state index contributed by atoms with van der Waals surface area (Å²) in [5.41, 5.74) is 0.736. The first-order chi connectivity index (χ1) is 9.15. The smallest absolute Gasteiger partial charge is 1.00 e. The SMILES string of the molecule is CCOc1ccc(C2SC(=O)NC2=O)cc1OCC.[H-].[Na+]. The molecule has 1 aromatic carbocycles. The third-order valence-corrected chi connectivity index (χ3v) is 3.60. The van der Waals surface area contributed by atoms with Gasteiger partial charge in [-0.05, 0) is 43.3 Å². The predicted octanol–water partition coefficient (Wildman–Crippen LogP) is -0.375. The van der Waals surface area contributed by atoms with E-state index < -0.39 is 5.25 Å². The van der Waals surface area contributed by atoms with Crippen molar-refractivity contribution < 1.29 is 50.0 Å². The summed E-state index contributed by atoms with van der Waals surface area (Å²) in [6.07, 6.45) is 0. The van der Waals surface area contributed by atoms with Gasteiger partial charge < -0.3 is 10.9 Å². The van der Waals surface area contributed by atoms with E-state index in [4.69, 9.17) is 9.47 Å². The van der Waals surface area contributed by atoms with Gasteiger partial charge >= 0.3 is 29.6 Å². The summed E-state index contributed by atoms with van der Waals surface area (Å²) in [7, 11) is 0. The number of carbonyl (C=O) groups excluding carboxylic acids is 2. The molecule has 1 aliphatic rings. The molecule has 5 nitrogen and oxygen atoms in total. The minimum atomic E-state index is -0.512. The van der Waals surface area contributed by atoms with Crippen LogP contribution in [0.25, 0.3) is 0 Å². The van der Waals surface area contributed by atoms with Gasteiger partial charge in [-0.2, -0.15) is 0 Å². The third-order valence-electron chi connectivity index (χ3n) is 2.56. The molecule has 7 heteroatoms. The van der Waals surface area contributed by atoms with Crippen LogP contribution in [0.4, 0.5) is 4.79 Å². The Labute approximate surface area is 145 Å². The van der Waals surface area contributed by atoms with Gasteiger partial charge in [0.05, 0.1) is 13.2 Å². The Kier molecular flexibility index (Phi) is 6.88. The molecule has 0 bridgehead atoms. The van der Waals surface area contributed by atoms with Crippen molar-refractivity contribution in [3.05, 3.63) is 23.8 Å². The number of ether oxygens (including phenoxy) is 2. The normalized spacial score (nSPS) is 17.4. The Hall–Kier alpha value is -0.690. The molecule has 1 N–H and O–H groups in total. The standard InChI is InChI=1S/C13H15NO4S.Na.H/c1-3-17-9-6-5-8(7-10(9)18-4-2)11-12(15)14-13(16)19-11;;/h5-7,11H,3-4H2,1-2H3,(H,14,15,16);;/q;+1;-1. The summed E-state index contributed by atoms with van der Waals surface area (Å²) in [4.78, 5) is 22.8. The molecule has 104 valence electrons. The number of rotatable bonds is 5. The van der Waals surface area contributed by atoms with Crippen molar-refractivity contribution in [3.8, 4) is 11.5 Å². The van der Waals surface area contributed by atoms with Crippen molar-refractivity contribution in [2.45, 2.75) is 19.1 Å². The number of nitrogens with one attached hydrogen (secondary N) is 1. The van der Waals surface area contributed by atoms with Gasteiger partial charge in [-0.3, -0.25) is 14.9 Å². The summed E-state index contributed by atoms with van der Waals surface area (Å²) in [5, 5.41) is 1.44. The van der Waals surface area contributed by atoms with Crippen LogP contribution in [0.5, 0.6) is 11.5 Å². The first kappa shape index (κ1) is 17.4. The summed E-state index contributed by atoms with van der Waals surface area (Å²) in [6, 6.07) is 5.30. The fourth-order valence-corrected chi connectivity index (χ4v) is 2.63. The first-order valence-electron chi connectivity index (χ1n) is 6.06. The molecule has 2 rings (SSSR count). The molecule has 0 spiro atoms. The molecule has 1 aromatic rings. The summed E-state index contributed by atoms with van der Waals surface area (Å²) in [5.74, 6) is 0.944. The minimum Gasteiger partial charge on any atom is -1.00 e. The average molecular weight is 305 g/mol. The molecule has 1 unspecified atom stereocenters. The van der Waals surface area contributed by atoms with Crippen molar-refractivity contribution in [1.82, 2.24) is 5.32 Å². The van der Waals surface area contributed by atoms with Gasteiger partial charge in [0.1, 0.15) is 5.25 Å². The van der Waals surface area contributed by atoms with Crippen LogP contribution in [-0.4, -0.2) is 24.4 Å². The van der Waals surface area contributed by atoms with Gasteiger partial charge in [0.2, 0.25) is 5.91 Å². The van der Waals surface area contributed by atoms with E-state index >= 15 is 0 Å². The molecule has 1 atom stereocenters. The fraction of sp³-hybridized carbons (Fsp3) is 0.385. The van der Waals surface area contributed by atoms with E-state index in [9.17, 15) is 9.59 Å². The van der Waals surface area contributed by atoms with E-state index in [0.717, 1.165) is 17.3 Å². The summed E-state index contributed by atoms with van der Waals surface area (Å²) >= 11 is 0.977. The van der Waals surface area contributed by atoms with Crippen LogP contribution in [0.15, 0.2) is 18.2 Å². The molecule has 1 fully saturated rings. The van der Waals surface area contributed by atoms with E-state index in [1.807, 2.05) is 13.8 Å². The zero-order valence-electron chi connectivity index (χ0n) is 12.8. The second-order valence-corrected chi connectivity index (χ2v) is 4.92. The number of thioether (sulfide) groups is 1. The maximum absolute atomic E-state index is 11.6. The van der Waals surface area contributed by atoms with Gasteiger partial charge in [-0.1, -0.05) is 6.07 Å². The summed E-state index contributed by atoms with van der Waals surface area (Å²) < 4.78 is 11.0. The van der Waals surface area contributed by atoms with Crippen LogP contribution in [0.2, 0.25) is 0 Å². The quantitative estimate of drug-likeness (QED) is 0.752. The number of hydrogen-bond donors (Lipinski definition) is 1. The van der Waals surface area contributed by atoms with Crippen LogP contribution in [0.3, 0.4) is 0 Å². The van der Waals surface area contributed by atoms with E-state index in [-0.39, 0.29) is 42.1 Å². The van der Waals surface area contributed by atoms with Gasteiger partial charge in [0, 0.05) is 0 Å². The number of amides is 2. The van der Waals surface area contributed by atoms with Crippen LogP contribution in [0.1, 0.15) is 26.1 Å². The molecular formula is C13H16NNaO4S. The molecule has 1 heterocycles. The van der Waals surface area contributed by atoms with Gasteiger partial charge in [-0.15, -0.1) is 0 Å². The van der Waals surface area contributed by atoms with Crippen LogP contribution >= 0.6 is 11.8 Å². The second-order valence-electron chi connectivity index (χ2n) is 3.85. The zero-order chi connectivity index (χ0) is 13.8. The van der Waals surface area contributed by atoms with Crippen LogP contribution in [-0.2, 0) is 4.79 Å². The van der Waals surface area contributed by atoms with E-state index in [0.29, 0.717) is 24.7 Å². The fourth-order valence-electron chi connectivity index (χ4n) is 1.81. The predicted molar refractivity (Wildman–Crippen MR) is 73.8 cm³/mol. The minimum absolute atomic E-state index is 0. The molecular weight excluding hydrogens is 289 g/mol. The zero-order valence-corrected chi connectivity index (χ0v) is 14.6. The van der Waals surface area contributed by atoms with E-state index in [2.05, 4.69) is 5.32 Å². The Morgan fingerprint density at radius 3 is 2.40 bits per heavy atom. The van der Waals surface area contributed by atoms with Gasteiger partial charge in [0.15, 0.2) is 11.5 Å². The number of imide groups is 1. The van der Waals surface area contributed by atoms with Crippen LogP contribution < -0.4 is 44.3 Å². The maximum Gasteiger partial charge on any atom is 1.00 e. The number of carbonyl (C=O) groups is 2. The molecule has 2 amide bonds. The Balaban J connectivity index is 0.00000200. The Morgan fingerprint density at radius 2 is 1.85 bits per heavy atom. The molecule has 20 heavy (non-hydrogen) atoms. The van der Waals surface area contributed by atoms with Gasteiger partial charge in [0.25, 0.3) is 5.24 Å². The number of hydrogen-bond acceptors (Lipinski definition) is 5. The molecule has 0 saturated carbocycles. The Morgan fingerprint density at radius 1 is 1.20 bits per heavy atom. The second kappa shape index (κ2) is 7.93. The average Bonchev–Trinajstić information content (AvgIpc) is 2.71. The van der Waals surface area contributed by atoms with Crippen molar-refractivity contribution in [3.63, 3.8) is 0 Å².